The van der Waals surface area contributed by atoms with Crippen LogP contribution in [-0.2, 0) is 22.6 Å². The van der Waals surface area contributed by atoms with Gasteiger partial charge in [0, 0.05) is 26.1 Å². The molecule has 0 bridgehead atoms. The van der Waals surface area contributed by atoms with Gasteiger partial charge in [-0.25, -0.2) is 0 Å². The van der Waals surface area contributed by atoms with Gasteiger partial charge in [0.2, 0.25) is 17.7 Å². The highest BCUT2D eigenvalue weighted by Crippen LogP contribution is 2.24. The lowest BCUT2D eigenvalue weighted by molar-refractivity contribution is -0.130. The number of thioether (sulfide) groups is 1. The number of hydrogen-bond donors (Lipinski definition) is 0. The standard InChI is InChI=1S/C21H26N4O3S/c26-19-7-4-10-25(19)14-18-22-23-21(28-18)29-15-20(27)24-11-8-17(9-12-24)13-16-5-2-1-3-6-16/h1-3,5-6,17H,4,7-15H2. The molecule has 1 aromatic heterocycles. The van der Waals surface area contributed by atoms with Crippen molar-refractivity contribution in [3.05, 3.63) is 41.8 Å². The van der Waals surface area contributed by atoms with Crippen molar-refractivity contribution in [2.24, 2.45) is 5.92 Å². The molecule has 2 fully saturated rings. The molecule has 0 spiro atoms. The summed E-state index contributed by atoms with van der Waals surface area (Å²) in [6, 6.07) is 10.5. The number of aromatic nitrogens is 2. The van der Waals surface area contributed by atoms with Crippen LogP contribution in [0.1, 0.15) is 37.1 Å². The van der Waals surface area contributed by atoms with E-state index in [0.717, 1.165) is 45.3 Å². The molecule has 8 heteroatoms. The summed E-state index contributed by atoms with van der Waals surface area (Å²) in [5.41, 5.74) is 1.37. The van der Waals surface area contributed by atoms with Gasteiger partial charge >= 0.3 is 0 Å². The summed E-state index contributed by atoms with van der Waals surface area (Å²) in [5.74, 6) is 1.61. The molecular weight excluding hydrogens is 388 g/mol. The van der Waals surface area contributed by atoms with Crippen LogP contribution in [-0.4, -0.2) is 57.2 Å². The van der Waals surface area contributed by atoms with Gasteiger partial charge < -0.3 is 14.2 Å². The van der Waals surface area contributed by atoms with Crippen LogP contribution in [0.4, 0.5) is 0 Å². The molecule has 1 aromatic carbocycles. The second-order valence-electron chi connectivity index (χ2n) is 7.68. The molecule has 154 valence electrons. The summed E-state index contributed by atoms with van der Waals surface area (Å²) >= 11 is 1.27. The van der Waals surface area contributed by atoms with Crippen molar-refractivity contribution in [2.45, 2.75) is 43.9 Å². The Morgan fingerprint density at radius 2 is 1.93 bits per heavy atom. The van der Waals surface area contributed by atoms with Crippen molar-refractivity contribution in [2.75, 3.05) is 25.4 Å². The zero-order valence-electron chi connectivity index (χ0n) is 16.5. The lowest BCUT2D eigenvalue weighted by Gasteiger charge is -2.32. The second-order valence-corrected chi connectivity index (χ2v) is 8.61. The maximum atomic E-state index is 12.5. The van der Waals surface area contributed by atoms with E-state index >= 15 is 0 Å². The molecule has 2 amide bonds. The Bertz CT molecular complexity index is 833. The number of piperidine rings is 1. The Balaban J connectivity index is 1.19. The van der Waals surface area contributed by atoms with E-state index in [1.807, 2.05) is 11.0 Å². The first kappa shape index (κ1) is 19.9. The molecule has 2 aliphatic rings. The third kappa shape index (κ3) is 5.38. The number of amides is 2. The summed E-state index contributed by atoms with van der Waals surface area (Å²) in [5, 5.41) is 8.38. The summed E-state index contributed by atoms with van der Waals surface area (Å²) in [6.07, 6.45) is 4.64. The van der Waals surface area contributed by atoms with E-state index in [-0.39, 0.29) is 11.8 Å². The number of carbonyl (C=O) groups excluding carboxylic acids is 2. The maximum Gasteiger partial charge on any atom is 0.277 e. The molecular formula is C21H26N4O3S. The fourth-order valence-electron chi connectivity index (χ4n) is 3.94. The molecule has 4 rings (SSSR count). The van der Waals surface area contributed by atoms with Crippen LogP contribution >= 0.6 is 11.8 Å². The van der Waals surface area contributed by atoms with Gasteiger partial charge in [-0.3, -0.25) is 9.59 Å². The van der Waals surface area contributed by atoms with E-state index in [2.05, 4.69) is 34.5 Å². The average molecular weight is 415 g/mol. The zero-order valence-corrected chi connectivity index (χ0v) is 17.3. The normalized spacial score (nSPS) is 17.9. The summed E-state index contributed by atoms with van der Waals surface area (Å²) in [7, 11) is 0. The van der Waals surface area contributed by atoms with Gasteiger partial charge in [0.05, 0.1) is 12.3 Å². The van der Waals surface area contributed by atoms with Crippen LogP contribution in [0.5, 0.6) is 0 Å². The molecule has 7 nitrogen and oxygen atoms in total. The van der Waals surface area contributed by atoms with E-state index < -0.39 is 0 Å². The average Bonchev–Trinajstić information content (AvgIpc) is 3.37. The van der Waals surface area contributed by atoms with Crippen LogP contribution in [0.25, 0.3) is 0 Å². The van der Waals surface area contributed by atoms with Crippen molar-refractivity contribution < 1.29 is 14.0 Å². The number of rotatable bonds is 7. The van der Waals surface area contributed by atoms with Crippen LogP contribution in [0.2, 0.25) is 0 Å². The van der Waals surface area contributed by atoms with Gasteiger partial charge in [-0.05, 0) is 37.2 Å². The van der Waals surface area contributed by atoms with Crippen LogP contribution in [0.15, 0.2) is 40.0 Å². The van der Waals surface area contributed by atoms with Crippen molar-refractivity contribution in [1.82, 2.24) is 20.0 Å². The molecule has 3 heterocycles. The summed E-state index contributed by atoms with van der Waals surface area (Å²) < 4.78 is 5.59. The molecule has 0 radical (unpaired) electrons. The van der Waals surface area contributed by atoms with Gasteiger partial charge in [0.25, 0.3) is 5.22 Å². The minimum absolute atomic E-state index is 0.114. The van der Waals surface area contributed by atoms with E-state index in [4.69, 9.17) is 4.42 Å². The third-order valence-electron chi connectivity index (χ3n) is 5.60. The fraction of sp³-hybridized carbons (Fsp3) is 0.524. The zero-order chi connectivity index (χ0) is 20.1. The highest BCUT2D eigenvalue weighted by atomic mass is 32.2. The monoisotopic (exact) mass is 414 g/mol. The molecule has 2 aromatic rings. The van der Waals surface area contributed by atoms with Gasteiger partial charge in [0.1, 0.15) is 0 Å². The molecule has 0 saturated carbocycles. The summed E-state index contributed by atoms with van der Waals surface area (Å²) in [6.45, 7) is 2.71. The van der Waals surface area contributed by atoms with Crippen molar-refractivity contribution in [3.8, 4) is 0 Å². The largest absolute Gasteiger partial charge is 0.414 e. The van der Waals surface area contributed by atoms with E-state index in [1.165, 1.54) is 17.3 Å². The lowest BCUT2D eigenvalue weighted by Crippen LogP contribution is -2.39. The highest BCUT2D eigenvalue weighted by Gasteiger charge is 2.25. The van der Waals surface area contributed by atoms with Gasteiger partial charge in [-0.15, -0.1) is 10.2 Å². The number of likely N-dealkylation sites (tertiary alicyclic amines) is 2. The molecule has 0 unspecified atom stereocenters. The smallest absolute Gasteiger partial charge is 0.277 e. The topological polar surface area (TPSA) is 79.5 Å². The minimum atomic E-state index is 0.114. The SMILES string of the molecule is O=C(CSc1nnc(CN2CCCC2=O)o1)N1CCC(Cc2ccccc2)CC1. The Morgan fingerprint density at radius 1 is 1.14 bits per heavy atom. The number of benzene rings is 1. The molecule has 2 saturated heterocycles. The molecule has 0 aliphatic carbocycles. The van der Waals surface area contributed by atoms with Crippen molar-refractivity contribution in [1.29, 1.82) is 0 Å². The highest BCUT2D eigenvalue weighted by molar-refractivity contribution is 7.99. The fourth-order valence-corrected chi connectivity index (χ4v) is 4.63. The van der Waals surface area contributed by atoms with Crippen molar-refractivity contribution in [3.63, 3.8) is 0 Å². The quantitative estimate of drug-likeness (QED) is 0.648. The Kier molecular flexibility index (Phi) is 6.49. The van der Waals surface area contributed by atoms with Gasteiger partial charge in [0.15, 0.2) is 0 Å². The first-order chi connectivity index (χ1) is 14.2. The maximum absolute atomic E-state index is 12.5. The third-order valence-corrected chi connectivity index (χ3v) is 6.40. The van der Waals surface area contributed by atoms with E-state index in [9.17, 15) is 9.59 Å². The van der Waals surface area contributed by atoms with Crippen LogP contribution in [0.3, 0.4) is 0 Å². The number of carbonyl (C=O) groups is 2. The predicted octanol–water partition coefficient (Wildman–Crippen LogP) is 2.77. The van der Waals surface area contributed by atoms with Gasteiger partial charge in [-0.2, -0.15) is 0 Å². The second kappa shape index (κ2) is 9.43. The molecule has 29 heavy (non-hydrogen) atoms. The van der Waals surface area contributed by atoms with E-state index in [0.29, 0.717) is 35.7 Å². The number of hydrogen-bond acceptors (Lipinski definition) is 6. The molecule has 0 atom stereocenters. The predicted molar refractivity (Wildman–Crippen MR) is 109 cm³/mol. The van der Waals surface area contributed by atoms with Crippen LogP contribution in [0, 0.1) is 5.92 Å². The Labute approximate surface area is 174 Å². The van der Waals surface area contributed by atoms with E-state index in [1.54, 1.807) is 4.90 Å². The van der Waals surface area contributed by atoms with Crippen molar-refractivity contribution >= 4 is 23.6 Å². The Morgan fingerprint density at radius 3 is 2.66 bits per heavy atom. The lowest BCUT2D eigenvalue weighted by atomic mass is 9.90. The first-order valence-electron chi connectivity index (χ1n) is 10.2. The first-order valence-corrected chi connectivity index (χ1v) is 11.2. The Hall–Kier alpha value is -2.35. The van der Waals surface area contributed by atoms with Gasteiger partial charge in [-0.1, -0.05) is 42.1 Å². The number of nitrogens with zero attached hydrogens (tertiary/aromatic N) is 4. The minimum Gasteiger partial charge on any atom is -0.414 e. The molecule has 0 N–H and O–H groups in total. The molecule has 2 aliphatic heterocycles. The summed E-state index contributed by atoms with van der Waals surface area (Å²) in [4.78, 5) is 27.9. The van der Waals surface area contributed by atoms with Crippen LogP contribution < -0.4 is 0 Å².